The summed E-state index contributed by atoms with van der Waals surface area (Å²) in [6.45, 7) is 1.92. The molecule has 0 saturated carbocycles. The van der Waals surface area contributed by atoms with Crippen LogP contribution in [0, 0.1) is 6.92 Å². The fraction of sp³-hybridized carbons (Fsp3) is 0.286. The quantitative estimate of drug-likeness (QED) is 0.831. The summed E-state index contributed by atoms with van der Waals surface area (Å²) in [5.74, 6) is 0.183. The Bertz CT molecular complexity index is 555. The highest BCUT2D eigenvalue weighted by atomic mass is 16.1. The van der Waals surface area contributed by atoms with Gasteiger partial charge in [-0.2, -0.15) is 5.10 Å². The molecule has 2 N–H and O–H groups in total. The number of Topliss-reactive ketones (excluding diaryl/α,β-unsaturated/α-hetero) is 1. The van der Waals surface area contributed by atoms with Crippen molar-refractivity contribution >= 4 is 11.5 Å². The van der Waals surface area contributed by atoms with Gasteiger partial charge in [0.15, 0.2) is 0 Å². The highest BCUT2D eigenvalue weighted by Gasteiger charge is 2.09. The first-order valence-electron chi connectivity index (χ1n) is 5.90. The number of hydrogen-bond donors (Lipinski definition) is 1. The number of anilines is 1. The van der Waals surface area contributed by atoms with Crippen LogP contribution in [0.25, 0.3) is 0 Å². The third-order valence-electron chi connectivity index (χ3n) is 2.86. The van der Waals surface area contributed by atoms with E-state index < -0.39 is 0 Å². The molecule has 0 aliphatic carbocycles. The fourth-order valence-electron chi connectivity index (χ4n) is 1.96. The molecule has 0 spiro atoms. The van der Waals surface area contributed by atoms with Gasteiger partial charge in [-0.1, -0.05) is 12.1 Å². The van der Waals surface area contributed by atoms with Gasteiger partial charge in [-0.25, -0.2) is 0 Å². The molecule has 0 fully saturated rings. The molecule has 2 aromatic rings. The smallest absolute Gasteiger partial charge is 0.143 e. The minimum Gasteiger partial charge on any atom is -0.399 e. The highest BCUT2D eigenvalue weighted by molar-refractivity contribution is 5.82. The predicted octanol–water partition coefficient (Wildman–Crippen LogP) is 1.67. The molecule has 0 bridgehead atoms. The molecule has 0 radical (unpaired) electrons. The average Bonchev–Trinajstić information content (AvgIpc) is 2.61. The molecular formula is C14H17N3O. The molecule has 18 heavy (non-hydrogen) atoms. The summed E-state index contributed by atoms with van der Waals surface area (Å²) in [5, 5.41) is 4.23. The summed E-state index contributed by atoms with van der Waals surface area (Å²) >= 11 is 0. The molecule has 4 heteroatoms. The van der Waals surface area contributed by atoms with E-state index in [1.165, 1.54) is 0 Å². The molecule has 94 valence electrons. The van der Waals surface area contributed by atoms with Crippen LogP contribution in [0.3, 0.4) is 0 Å². The number of carbonyl (C=O) groups excluding carboxylic acids is 1. The Hall–Kier alpha value is -2.10. The van der Waals surface area contributed by atoms with E-state index in [9.17, 15) is 4.79 Å². The van der Waals surface area contributed by atoms with Gasteiger partial charge in [0.2, 0.25) is 0 Å². The van der Waals surface area contributed by atoms with Gasteiger partial charge >= 0.3 is 0 Å². The lowest BCUT2D eigenvalue weighted by molar-refractivity contribution is -0.117. The summed E-state index contributed by atoms with van der Waals surface area (Å²) in [6.07, 6.45) is 0.853. The van der Waals surface area contributed by atoms with Gasteiger partial charge in [-0.15, -0.1) is 0 Å². The first kappa shape index (κ1) is 12.4. The highest BCUT2D eigenvalue weighted by Crippen LogP contribution is 2.09. The van der Waals surface area contributed by atoms with Crippen LogP contribution in [-0.2, 0) is 24.7 Å². The molecule has 0 aliphatic rings. The van der Waals surface area contributed by atoms with Gasteiger partial charge in [0.05, 0.1) is 5.69 Å². The molecule has 0 saturated heterocycles. The maximum Gasteiger partial charge on any atom is 0.143 e. The van der Waals surface area contributed by atoms with E-state index in [2.05, 4.69) is 5.10 Å². The Morgan fingerprint density at radius 3 is 2.50 bits per heavy atom. The fourth-order valence-corrected chi connectivity index (χ4v) is 1.96. The number of nitrogens with two attached hydrogens (primary N) is 1. The Morgan fingerprint density at radius 2 is 1.94 bits per heavy atom. The van der Waals surface area contributed by atoms with Crippen LogP contribution >= 0.6 is 0 Å². The number of carbonyl (C=O) groups is 1. The second kappa shape index (κ2) is 5.04. The van der Waals surface area contributed by atoms with Crippen LogP contribution in [0.2, 0.25) is 0 Å². The molecule has 2 rings (SSSR count). The molecule has 1 heterocycles. The van der Waals surface area contributed by atoms with Crippen molar-refractivity contribution in [2.45, 2.75) is 19.8 Å². The molecule has 0 amide bonds. The topological polar surface area (TPSA) is 60.9 Å². The van der Waals surface area contributed by atoms with Crippen LogP contribution in [0.4, 0.5) is 5.69 Å². The van der Waals surface area contributed by atoms with Crippen molar-refractivity contribution in [3.05, 3.63) is 47.3 Å². The molecule has 0 aliphatic heterocycles. The lowest BCUT2D eigenvalue weighted by Crippen LogP contribution is -2.10. The summed E-state index contributed by atoms with van der Waals surface area (Å²) in [6, 6.07) is 9.36. The Balaban J connectivity index is 2.01. The lowest BCUT2D eigenvalue weighted by atomic mass is 10.1. The van der Waals surface area contributed by atoms with Crippen molar-refractivity contribution < 1.29 is 4.79 Å². The third kappa shape index (κ3) is 2.97. The SMILES string of the molecule is Cc1cc(CC(=O)Cc2ccc(N)cc2)n(C)n1. The largest absolute Gasteiger partial charge is 0.399 e. The van der Waals surface area contributed by atoms with E-state index in [1.54, 1.807) is 4.68 Å². The lowest BCUT2D eigenvalue weighted by Gasteiger charge is -2.02. The summed E-state index contributed by atoms with van der Waals surface area (Å²) < 4.78 is 1.76. The van der Waals surface area contributed by atoms with Gasteiger partial charge in [0, 0.05) is 31.3 Å². The number of benzene rings is 1. The number of aryl methyl sites for hydroxylation is 2. The second-order valence-electron chi connectivity index (χ2n) is 4.53. The van der Waals surface area contributed by atoms with E-state index in [0.717, 1.165) is 17.0 Å². The van der Waals surface area contributed by atoms with Gasteiger partial charge < -0.3 is 5.73 Å². The van der Waals surface area contributed by atoms with Crippen LogP contribution in [0.5, 0.6) is 0 Å². The van der Waals surface area contributed by atoms with E-state index in [1.807, 2.05) is 44.3 Å². The van der Waals surface area contributed by atoms with Crippen molar-refractivity contribution in [3.8, 4) is 0 Å². The Labute approximate surface area is 106 Å². The minimum absolute atomic E-state index is 0.183. The standard InChI is InChI=1S/C14H17N3O/c1-10-7-13(17(2)16-10)9-14(18)8-11-3-5-12(15)6-4-11/h3-7H,8-9,15H2,1-2H3. The monoisotopic (exact) mass is 243 g/mol. The second-order valence-corrected chi connectivity index (χ2v) is 4.53. The zero-order valence-electron chi connectivity index (χ0n) is 10.7. The van der Waals surface area contributed by atoms with E-state index in [0.29, 0.717) is 18.5 Å². The van der Waals surface area contributed by atoms with Crippen LogP contribution in [-0.4, -0.2) is 15.6 Å². The first-order chi connectivity index (χ1) is 8.54. The number of nitrogens with zero attached hydrogens (tertiary/aromatic N) is 2. The van der Waals surface area contributed by atoms with E-state index >= 15 is 0 Å². The van der Waals surface area contributed by atoms with Crippen molar-refractivity contribution in [3.63, 3.8) is 0 Å². The summed E-state index contributed by atoms with van der Waals surface area (Å²) in [5.41, 5.74) is 9.21. The van der Waals surface area contributed by atoms with Crippen molar-refractivity contribution in [1.82, 2.24) is 9.78 Å². The van der Waals surface area contributed by atoms with Crippen molar-refractivity contribution in [1.29, 1.82) is 0 Å². The van der Waals surface area contributed by atoms with Gasteiger partial charge in [-0.05, 0) is 30.7 Å². The number of hydrogen-bond acceptors (Lipinski definition) is 3. The Kier molecular flexibility index (Phi) is 3.46. The average molecular weight is 243 g/mol. The van der Waals surface area contributed by atoms with Gasteiger partial charge in [0.25, 0.3) is 0 Å². The van der Waals surface area contributed by atoms with Crippen LogP contribution in [0.15, 0.2) is 30.3 Å². The van der Waals surface area contributed by atoms with Gasteiger partial charge in [-0.3, -0.25) is 9.48 Å². The summed E-state index contributed by atoms with van der Waals surface area (Å²) in [7, 11) is 1.86. The molecule has 4 nitrogen and oxygen atoms in total. The first-order valence-corrected chi connectivity index (χ1v) is 5.90. The van der Waals surface area contributed by atoms with Crippen LogP contribution in [0.1, 0.15) is 17.0 Å². The third-order valence-corrected chi connectivity index (χ3v) is 2.86. The maximum absolute atomic E-state index is 12.0. The van der Waals surface area contributed by atoms with E-state index in [-0.39, 0.29) is 5.78 Å². The van der Waals surface area contributed by atoms with Crippen molar-refractivity contribution in [2.24, 2.45) is 7.05 Å². The zero-order valence-corrected chi connectivity index (χ0v) is 10.7. The summed E-state index contributed by atoms with van der Waals surface area (Å²) in [4.78, 5) is 12.0. The minimum atomic E-state index is 0.183. The molecule has 1 aromatic carbocycles. The molecular weight excluding hydrogens is 226 g/mol. The maximum atomic E-state index is 12.0. The number of rotatable bonds is 4. The van der Waals surface area contributed by atoms with Gasteiger partial charge in [0.1, 0.15) is 5.78 Å². The predicted molar refractivity (Wildman–Crippen MR) is 71.2 cm³/mol. The van der Waals surface area contributed by atoms with E-state index in [4.69, 9.17) is 5.73 Å². The molecule has 0 atom stereocenters. The normalized spacial score (nSPS) is 10.6. The number of aromatic nitrogens is 2. The molecule has 1 aromatic heterocycles. The zero-order chi connectivity index (χ0) is 13.1. The Morgan fingerprint density at radius 1 is 1.28 bits per heavy atom. The number of nitrogen functional groups attached to an aromatic ring is 1. The number of ketones is 1. The van der Waals surface area contributed by atoms with Crippen molar-refractivity contribution in [2.75, 3.05) is 5.73 Å². The molecule has 0 unspecified atom stereocenters. The van der Waals surface area contributed by atoms with Crippen LogP contribution < -0.4 is 5.73 Å².